The van der Waals surface area contributed by atoms with E-state index in [0.29, 0.717) is 5.92 Å². The number of nitrogens with zero attached hydrogens (tertiary/aromatic N) is 1. The molecule has 2 N–H and O–H groups in total. The molecule has 9 atom stereocenters. The third-order valence-corrected chi connectivity index (χ3v) is 7.84. The largest absolute Gasteiger partial charge is 0.388 e. The molecule has 0 spiro atoms. The molecule has 27 heavy (non-hydrogen) atoms. The lowest BCUT2D eigenvalue weighted by Gasteiger charge is -2.43. The molecule has 158 valence electrons. The summed E-state index contributed by atoms with van der Waals surface area (Å²) in [4.78, 5) is 15.1. The topological polar surface area (TPSA) is 61.8 Å². The highest BCUT2D eigenvalue weighted by Gasteiger charge is 2.48. The highest BCUT2D eigenvalue weighted by molar-refractivity contribution is 7.99. The normalized spacial score (nSPS) is 39.9. The fourth-order valence-electron chi connectivity index (χ4n) is 4.06. The first kappa shape index (κ1) is 23.8. The third-order valence-electron chi connectivity index (χ3n) is 5.54. The van der Waals surface area contributed by atoms with Crippen LogP contribution in [0, 0.1) is 5.92 Å². The van der Waals surface area contributed by atoms with Gasteiger partial charge in [0.05, 0.1) is 34.3 Å². The van der Waals surface area contributed by atoms with Gasteiger partial charge in [-0.05, 0) is 39.0 Å². The Balaban J connectivity index is 2.09. The number of rotatable bonds is 7. The van der Waals surface area contributed by atoms with E-state index in [1.54, 1.807) is 6.92 Å². The second-order valence-electron chi connectivity index (χ2n) is 7.64. The Hall–Kier alpha value is 0.570. The number of aliphatic hydroxyl groups excluding tert-OH is 1. The van der Waals surface area contributed by atoms with E-state index < -0.39 is 39.8 Å². The van der Waals surface area contributed by atoms with Gasteiger partial charge in [-0.3, -0.25) is 9.69 Å². The van der Waals surface area contributed by atoms with Gasteiger partial charge in [0.2, 0.25) is 5.91 Å². The molecular weight excluding hydrogens is 431 g/mol. The van der Waals surface area contributed by atoms with Gasteiger partial charge in [0.25, 0.3) is 0 Å². The number of carbonyl (C=O) groups excluding carboxylic acids is 1. The monoisotopic (exact) mass is 460 g/mol. The Labute approximate surface area is 181 Å². The van der Waals surface area contributed by atoms with E-state index in [1.807, 2.05) is 13.3 Å². The number of likely N-dealkylation sites (tertiary alicyclic amines) is 1. The van der Waals surface area contributed by atoms with Crippen molar-refractivity contribution in [2.24, 2.45) is 5.92 Å². The first-order valence-corrected chi connectivity index (χ1v) is 12.1. The lowest BCUT2D eigenvalue weighted by atomic mass is 9.96. The van der Waals surface area contributed by atoms with Crippen LogP contribution in [0.15, 0.2) is 0 Å². The van der Waals surface area contributed by atoms with Crippen LogP contribution in [0.1, 0.15) is 33.1 Å². The quantitative estimate of drug-likeness (QED) is 0.571. The number of carbonyl (C=O) groups is 1. The summed E-state index contributed by atoms with van der Waals surface area (Å²) < 4.78 is 5.99. The number of alkyl halides is 3. The molecule has 0 aromatic rings. The molecule has 0 radical (unpaired) electrons. The van der Waals surface area contributed by atoms with Gasteiger partial charge in [0.15, 0.2) is 0 Å². The van der Waals surface area contributed by atoms with Crippen molar-refractivity contribution in [2.45, 2.75) is 79.0 Å². The Morgan fingerprint density at radius 1 is 1.41 bits per heavy atom. The maximum absolute atomic E-state index is 13.0. The molecule has 5 nitrogen and oxygen atoms in total. The van der Waals surface area contributed by atoms with Gasteiger partial charge in [0.1, 0.15) is 11.5 Å². The molecule has 0 bridgehead atoms. The molecule has 2 aliphatic rings. The second-order valence-corrected chi connectivity index (χ2v) is 10.3. The number of thioether (sulfide) groups is 1. The van der Waals surface area contributed by atoms with Crippen molar-refractivity contribution in [1.82, 2.24) is 10.2 Å². The SMILES string of the molecule is CCC[C@@H]1C[C@@H](C(=O)N[C@@H]([C@H]2O[C@H](SC)[C@H](O)[C@H](Cl)[C@@H]2Cl)[C@H](C)Cl)N(C)C1. The standard InChI is InChI=1S/C18H31Cl3N2O3S/c1-5-6-10-7-11(23(3)8-10)17(25)22-14(9(2)19)16-13(21)12(20)15(24)18(26-16)27-4/h9-16,18,24H,5-8H2,1-4H3,(H,22,25)/t9-,10+,11-,12+,13-,14+,15+,16-,18+/m0/s1. The summed E-state index contributed by atoms with van der Waals surface area (Å²) in [6, 6.07) is -0.672. The minimum Gasteiger partial charge on any atom is -0.388 e. The van der Waals surface area contributed by atoms with E-state index in [1.165, 1.54) is 11.8 Å². The summed E-state index contributed by atoms with van der Waals surface area (Å²) in [6.07, 6.45) is 3.47. The Morgan fingerprint density at radius 3 is 2.63 bits per heavy atom. The first-order chi connectivity index (χ1) is 12.7. The van der Waals surface area contributed by atoms with E-state index in [2.05, 4.69) is 17.1 Å². The Bertz CT molecular complexity index is 500. The molecule has 0 saturated carbocycles. The molecule has 0 aromatic carbocycles. The molecule has 2 aliphatic heterocycles. The van der Waals surface area contributed by atoms with E-state index in [0.717, 1.165) is 25.8 Å². The van der Waals surface area contributed by atoms with Crippen LogP contribution in [0.3, 0.4) is 0 Å². The fourth-order valence-corrected chi connectivity index (χ4v) is 5.68. The summed E-state index contributed by atoms with van der Waals surface area (Å²) in [5.74, 6) is 0.483. The number of likely N-dealkylation sites (N-methyl/N-ethyl adjacent to an activating group) is 1. The Kier molecular flexibility index (Phi) is 9.32. The van der Waals surface area contributed by atoms with Crippen LogP contribution in [0.25, 0.3) is 0 Å². The number of hydrogen-bond acceptors (Lipinski definition) is 5. The third kappa shape index (κ3) is 5.59. The van der Waals surface area contributed by atoms with Crippen molar-refractivity contribution >= 4 is 52.5 Å². The summed E-state index contributed by atoms with van der Waals surface area (Å²) in [5, 5.41) is 11.5. The van der Waals surface area contributed by atoms with Crippen LogP contribution in [0.5, 0.6) is 0 Å². The Morgan fingerprint density at radius 2 is 2.07 bits per heavy atom. The van der Waals surface area contributed by atoms with Crippen LogP contribution in [0.2, 0.25) is 0 Å². The minimum absolute atomic E-state index is 0.0565. The van der Waals surface area contributed by atoms with Gasteiger partial charge in [-0.1, -0.05) is 13.3 Å². The molecule has 0 aliphatic carbocycles. The molecule has 2 heterocycles. The fraction of sp³-hybridized carbons (Fsp3) is 0.944. The molecule has 9 heteroatoms. The minimum atomic E-state index is -0.877. The van der Waals surface area contributed by atoms with Crippen molar-refractivity contribution in [2.75, 3.05) is 19.8 Å². The van der Waals surface area contributed by atoms with Gasteiger partial charge in [-0.15, -0.1) is 46.6 Å². The highest BCUT2D eigenvalue weighted by Crippen LogP contribution is 2.35. The zero-order valence-corrected chi connectivity index (χ0v) is 19.4. The van der Waals surface area contributed by atoms with Crippen LogP contribution in [-0.4, -0.2) is 81.6 Å². The van der Waals surface area contributed by atoms with Gasteiger partial charge >= 0.3 is 0 Å². The highest BCUT2D eigenvalue weighted by atomic mass is 35.5. The number of halogens is 3. The smallest absolute Gasteiger partial charge is 0.237 e. The van der Waals surface area contributed by atoms with Crippen molar-refractivity contribution in [1.29, 1.82) is 0 Å². The lowest BCUT2D eigenvalue weighted by molar-refractivity contribution is -0.129. The number of amides is 1. The average molecular weight is 462 g/mol. The zero-order valence-electron chi connectivity index (χ0n) is 16.3. The molecule has 0 aromatic heterocycles. The number of hydrogen-bond donors (Lipinski definition) is 2. The van der Waals surface area contributed by atoms with Gasteiger partial charge < -0.3 is 15.2 Å². The predicted molar refractivity (Wildman–Crippen MR) is 114 cm³/mol. The van der Waals surface area contributed by atoms with Crippen LogP contribution < -0.4 is 5.32 Å². The van der Waals surface area contributed by atoms with E-state index >= 15 is 0 Å². The predicted octanol–water partition coefficient (Wildman–Crippen LogP) is 2.88. The van der Waals surface area contributed by atoms with Gasteiger partial charge in [-0.25, -0.2) is 0 Å². The molecule has 2 rings (SSSR count). The molecule has 2 fully saturated rings. The van der Waals surface area contributed by atoms with Crippen LogP contribution >= 0.6 is 46.6 Å². The average Bonchev–Trinajstić information content (AvgIpc) is 2.99. The summed E-state index contributed by atoms with van der Waals surface area (Å²) >= 11 is 20.6. The molecule has 1 amide bonds. The zero-order chi connectivity index (χ0) is 20.3. The van der Waals surface area contributed by atoms with Gasteiger partial charge in [-0.2, -0.15) is 0 Å². The number of aliphatic hydroxyl groups is 1. The van der Waals surface area contributed by atoms with Crippen LogP contribution in [0.4, 0.5) is 0 Å². The molecular formula is C18H31Cl3N2O3S. The number of ether oxygens (including phenoxy) is 1. The molecule has 2 saturated heterocycles. The van der Waals surface area contributed by atoms with E-state index in [4.69, 9.17) is 39.5 Å². The molecule has 0 unspecified atom stereocenters. The van der Waals surface area contributed by atoms with Crippen molar-refractivity contribution in [3.05, 3.63) is 0 Å². The van der Waals surface area contributed by atoms with Gasteiger partial charge in [0, 0.05) is 6.54 Å². The van der Waals surface area contributed by atoms with Crippen molar-refractivity contribution < 1.29 is 14.6 Å². The summed E-state index contributed by atoms with van der Waals surface area (Å²) in [5.41, 5.74) is -0.509. The summed E-state index contributed by atoms with van der Waals surface area (Å²) in [7, 11) is 1.98. The van der Waals surface area contributed by atoms with Crippen LogP contribution in [-0.2, 0) is 9.53 Å². The first-order valence-electron chi connectivity index (χ1n) is 9.50. The second kappa shape index (κ2) is 10.6. The number of nitrogens with one attached hydrogen (secondary N) is 1. The maximum Gasteiger partial charge on any atom is 0.237 e. The van der Waals surface area contributed by atoms with E-state index in [9.17, 15) is 9.90 Å². The lowest BCUT2D eigenvalue weighted by Crippen LogP contribution is -2.62. The van der Waals surface area contributed by atoms with Crippen molar-refractivity contribution in [3.8, 4) is 0 Å². The summed E-state index contributed by atoms with van der Waals surface area (Å²) in [6.45, 7) is 4.90. The van der Waals surface area contributed by atoms with E-state index in [-0.39, 0.29) is 11.9 Å². The van der Waals surface area contributed by atoms with Crippen molar-refractivity contribution in [3.63, 3.8) is 0 Å². The maximum atomic E-state index is 13.0.